The van der Waals surface area contributed by atoms with Crippen LogP contribution < -0.4 is 10.3 Å². The predicted molar refractivity (Wildman–Crippen MR) is 99.2 cm³/mol. The lowest BCUT2D eigenvalue weighted by Gasteiger charge is -2.12. The normalized spacial score (nSPS) is 11.5. The third-order valence-corrected chi connectivity index (χ3v) is 4.28. The molecule has 3 aromatic rings. The predicted octanol–water partition coefficient (Wildman–Crippen LogP) is 3.05. The van der Waals surface area contributed by atoms with Gasteiger partial charge >= 0.3 is 6.01 Å². The molecule has 132 valence electrons. The maximum absolute atomic E-state index is 13.0. The van der Waals surface area contributed by atoms with Gasteiger partial charge in [-0.25, -0.2) is 4.68 Å². The monoisotopic (exact) mass is 340 g/mol. The molecular formula is C19H24N4O2. The highest BCUT2D eigenvalue weighted by molar-refractivity contribution is 5.92. The Morgan fingerprint density at radius 2 is 1.68 bits per heavy atom. The number of aromatic nitrogens is 4. The molecule has 0 amide bonds. The summed E-state index contributed by atoms with van der Waals surface area (Å²) in [5.74, 6) is 0. The van der Waals surface area contributed by atoms with Crippen molar-refractivity contribution in [3.8, 4) is 17.3 Å². The second-order valence-electron chi connectivity index (χ2n) is 6.87. The number of ether oxygens (including phenoxy) is 1. The molecule has 0 aliphatic rings. The summed E-state index contributed by atoms with van der Waals surface area (Å²) in [5.41, 5.74) is 5.45. The topological polar surface area (TPSA) is 61.9 Å². The van der Waals surface area contributed by atoms with Crippen molar-refractivity contribution in [2.24, 2.45) is 14.1 Å². The van der Waals surface area contributed by atoms with Crippen LogP contribution in [0.25, 0.3) is 22.3 Å². The van der Waals surface area contributed by atoms with Crippen molar-refractivity contribution in [1.82, 2.24) is 19.3 Å². The zero-order chi connectivity index (χ0) is 18.5. The molecule has 0 radical (unpaired) electrons. The first-order valence-electron chi connectivity index (χ1n) is 8.39. The number of hydrogen-bond donors (Lipinski definition) is 0. The molecule has 6 nitrogen and oxygen atoms in total. The van der Waals surface area contributed by atoms with Crippen LogP contribution in [-0.2, 0) is 14.1 Å². The zero-order valence-electron chi connectivity index (χ0n) is 15.8. The van der Waals surface area contributed by atoms with Gasteiger partial charge in [0.15, 0.2) is 5.65 Å². The van der Waals surface area contributed by atoms with Crippen LogP contribution in [0, 0.1) is 20.8 Å². The van der Waals surface area contributed by atoms with E-state index in [2.05, 4.69) is 29.1 Å². The van der Waals surface area contributed by atoms with Crippen LogP contribution in [0.2, 0.25) is 0 Å². The lowest BCUT2D eigenvalue weighted by atomic mass is 9.96. The fourth-order valence-corrected chi connectivity index (χ4v) is 3.31. The fraction of sp³-hybridized carbons (Fsp3) is 0.421. The van der Waals surface area contributed by atoms with E-state index in [4.69, 9.17) is 4.74 Å². The van der Waals surface area contributed by atoms with E-state index >= 15 is 0 Å². The van der Waals surface area contributed by atoms with Crippen LogP contribution in [-0.4, -0.2) is 25.4 Å². The first-order valence-corrected chi connectivity index (χ1v) is 8.39. The number of nitrogens with zero attached hydrogens (tertiary/aromatic N) is 4. The summed E-state index contributed by atoms with van der Waals surface area (Å²) in [5, 5.41) is 5.14. The minimum Gasteiger partial charge on any atom is -0.462 e. The Bertz CT molecular complexity index is 1010. The lowest BCUT2D eigenvalue weighted by Crippen LogP contribution is -2.23. The van der Waals surface area contributed by atoms with E-state index in [1.165, 1.54) is 10.1 Å². The van der Waals surface area contributed by atoms with E-state index in [1.54, 1.807) is 18.8 Å². The Hall–Kier alpha value is -2.63. The SMILES string of the molecule is Cc1cc(C)c(-c2nn(C)c3nc(OC(C)C)n(C)c(=O)c23)c(C)c1. The summed E-state index contributed by atoms with van der Waals surface area (Å²) in [6, 6.07) is 4.52. The summed E-state index contributed by atoms with van der Waals surface area (Å²) in [7, 11) is 3.48. The third kappa shape index (κ3) is 2.81. The van der Waals surface area contributed by atoms with Crippen molar-refractivity contribution in [3.05, 3.63) is 39.2 Å². The highest BCUT2D eigenvalue weighted by atomic mass is 16.5. The molecule has 2 heterocycles. The Labute approximate surface area is 147 Å². The van der Waals surface area contributed by atoms with Crippen LogP contribution in [0.3, 0.4) is 0 Å². The Balaban J connectivity index is 2.37. The molecule has 0 spiro atoms. The third-order valence-electron chi connectivity index (χ3n) is 4.28. The minimum absolute atomic E-state index is 0.0650. The van der Waals surface area contributed by atoms with E-state index in [1.807, 2.05) is 27.7 Å². The molecule has 2 aromatic heterocycles. The lowest BCUT2D eigenvalue weighted by molar-refractivity contribution is 0.212. The van der Waals surface area contributed by atoms with Gasteiger partial charge in [0.1, 0.15) is 11.1 Å². The number of rotatable bonds is 3. The Morgan fingerprint density at radius 1 is 1.08 bits per heavy atom. The van der Waals surface area contributed by atoms with Crippen LogP contribution >= 0.6 is 0 Å². The summed E-state index contributed by atoms with van der Waals surface area (Å²) < 4.78 is 8.78. The number of fused-ring (bicyclic) bond motifs is 1. The molecule has 0 saturated carbocycles. The first-order chi connectivity index (χ1) is 11.7. The molecule has 0 aliphatic heterocycles. The molecule has 0 N–H and O–H groups in total. The standard InChI is InChI=1S/C19H24N4O2/c1-10(2)25-19-20-17-15(18(24)22(19)6)16(21-23(17)7)14-12(4)8-11(3)9-13(14)5/h8-10H,1-7H3. The van der Waals surface area contributed by atoms with Crippen LogP contribution in [0.15, 0.2) is 16.9 Å². The average molecular weight is 340 g/mol. The van der Waals surface area contributed by atoms with Crippen molar-refractivity contribution < 1.29 is 4.74 Å². The van der Waals surface area contributed by atoms with Gasteiger partial charge in [-0.05, 0) is 45.7 Å². The smallest absolute Gasteiger partial charge is 0.301 e. The van der Waals surface area contributed by atoms with Crippen molar-refractivity contribution in [1.29, 1.82) is 0 Å². The Morgan fingerprint density at radius 3 is 2.24 bits per heavy atom. The van der Waals surface area contributed by atoms with E-state index in [0.717, 1.165) is 16.7 Å². The van der Waals surface area contributed by atoms with Crippen LogP contribution in [0.4, 0.5) is 0 Å². The molecular weight excluding hydrogens is 316 g/mol. The number of benzene rings is 1. The minimum atomic E-state index is -0.150. The summed E-state index contributed by atoms with van der Waals surface area (Å²) in [4.78, 5) is 17.6. The second kappa shape index (κ2) is 6.02. The van der Waals surface area contributed by atoms with E-state index in [0.29, 0.717) is 22.7 Å². The quantitative estimate of drug-likeness (QED) is 0.735. The summed E-state index contributed by atoms with van der Waals surface area (Å²) in [6.07, 6.45) is -0.0650. The molecule has 0 unspecified atom stereocenters. The van der Waals surface area contributed by atoms with Crippen LogP contribution in [0.1, 0.15) is 30.5 Å². The van der Waals surface area contributed by atoms with Gasteiger partial charge in [0.2, 0.25) is 0 Å². The van der Waals surface area contributed by atoms with Crippen molar-refractivity contribution in [2.75, 3.05) is 0 Å². The van der Waals surface area contributed by atoms with Crippen LogP contribution in [0.5, 0.6) is 6.01 Å². The maximum atomic E-state index is 13.0. The van der Waals surface area contributed by atoms with Gasteiger partial charge in [-0.15, -0.1) is 0 Å². The second-order valence-corrected chi connectivity index (χ2v) is 6.87. The van der Waals surface area contributed by atoms with Gasteiger partial charge in [-0.3, -0.25) is 9.36 Å². The number of hydrogen-bond acceptors (Lipinski definition) is 4. The molecule has 25 heavy (non-hydrogen) atoms. The molecule has 1 aromatic carbocycles. The molecule has 0 saturated heterocycles. The largest absolute Gasteiger partial charge is 0.462 e. The highest BCUT2D eigenvalue weighted by Gasteiger charge is 2.22. The van der Waals surface area contributed by atoms with E-state index < -0.39 is 0 Å². The molecule has 0 fully saturated rings. The molecule has 0 aliphatic carbocycles. The van der Waals surface area contributed by atoms with Crippen molar-refractivity contribution in [3.63, 3.8) is 0 Å². The van der Waals surface area contributed by atoms with Gasteiger partial charge in [0, 0.05) is 19.7 Å². The fourth-order valence-electron chi connectivity index (χ4n) is 3.31. The molecule has 0 bridgehead atoms. The highest BCUT2D eigenvalue weighted by Crippen LogP contribution is 2.31. The average Bonchev–Trinajstić information content (AvgIpc) is 2.80. The van der Waals surface area contributed by atoms with Gasteiger partial charge in [-0.1, -0.05) is 17.7 Å². The van der Waals surface area contributed by atoms with Gasteiger partial charge in [0.25, 0.3) is 5.56 Å². The first kappa shape index (κ1) is 17.2. The van der Waals surface area contributed by atoms with Gasteiger partial charge < -0.3 is 4.74 Å². The molecule has 6 heteroatoms. The number of aryl methyl sites for hydroxylation is 4. The van der Waals surface area contributed by atoms with E-state index in [-0.39, 0.29) is 11.7 Å². The van der Waals surface area contributed by atoms with Crippen molar-refractivity contribution >= 4 is 11.0 Å². The molecule has 3 rings (SSSR count). The van der Waals surface area contributed by atoms with E-state index in [9.17, 15) is 4.79 Å². The molecule has 0 atom stereocenters. The summed E-state index contributed by atoms with van der Waals surface area (Å²) >= 11 is 0. The summed E-state index contributed by atoms with van der Waals surface area (Å²) in [6.45, 7) is 9.97. The van der Waals surface area contributed by atoms with Gasteiger partial charge in [0.05, 0.1) is 6.10 Å². The zero-order valence-corrected chi connectivity index (χ0v) is 15.8. The maximum Gasteiger partial charge on any atom is 0.301 e. The van der Waals surface area contributed by atoms with Crippen molar-refractivity contribution in [2.45, 2.75) is 40.7 Å². The van der Waals surface area contributed by atoms with Gasteiger partial charge in [-0.2, -0.15) is 10.1 Å². The Kier molecular flexibility index (Phi) is 4.14.